The Morgan fingerprint density at radius 3 is 2.66 bits per heavy atom. The normalized spacial score (nSPS) is 11.9. The van der Waals surface area contributed by atoms with Gasteiger partial charge in [-0.05, 0) is 67.3 Å². The molecule has 0 fully saturated rings. The molecule has 0 radical (unpaired) electrons. The van der Waals surface area contributed by atoms with E-state index in [4.69, 9.17) is 9.84 Å². The van der Waals surface area contributed by atoms with Crippen LogP contribution in [0.15, 0.2) is 73.1 Å². The van der Waals surface area contributed by atoms with Gasteiger partial charge < -0.3 is 20.5 Å². The SMILES string of the molecule is COc1ccc(NC(=O)NCCCn2nc3c(c2C(=O)O)CCc2cnc(-c4cnc5ccccc5c4)cc2-3)cc1. The van der Waals surface area contributed by atoms with Crippen molar-refractivity contribution in [2.24, 2.45) is 0 Å². The number of ether oxygens (including phenoxy) is 1. The Balaban J connectivity index is 1.18. The molecule has 5 aromatic rings. The van der Waals surface area contributed by atoms with Crippen LogP contribution in [0.5, 0.6) is 5.75 Å². The molecule has 3 heterocycles. The number of amides is 2. The van der Waals surface area contributed by atoms with Gasteiger partial charge in [-0.2, -0.15) is 5.10 Å². The summed E-state index contributed by atoms with van der Waals surface area (Å²) in [6, 6.07) is 18.6. The number of nitrogens with one attached hydrogen (secondary N) is 2. The standard InChI is InChI=1S/C31H28N6O4/c1-41-23-10-8-22(9-11-23)35-31(40)32-13-4-14-37-29(30(38)39)24-12-7-20-17-34-27(16-25(20)28(24)36-37)21-15-19-5-2-3-6-26(19)33-18-21/h2-3,5-6,8-11,15-18H,4,7,12-14H2,1H3,(H,38,39)(H2,32,35,40). The number of hydrogen-bond donors (Lipinski definition) is 3. The van der Waals surface area contributed by atoms with Crippen LogP contribution in [-0.2, 0) is 19.4 Å². The number of carboxylic acid groups (broad SMARTS) is 1. The monoisotopic (exact) mass is 548 g/mol. The topological polar surface area (TPSA) is 131 Å². The van der Waals surface area contributed by atoms with E-state index < -0.39 is 5.97 Å². The first-order valence-corrected chi connectivity index (χ1v) is 13.4. The number of methoxy groups -OCH3 is 1. The van der Waals surface area contributed by atoms with Gasteiger partial charge in [-0.15, -0.1) is 0 Å². The van der Waals surface area contributed by atoms with E-state index in [2.05, 4.69) is 26.7 Å². The van der Waals surface area contributed by atoms with E-state index in [1.165, 1.54) is 0 Å². The van der Waals surface area contributed by atoms with Crippen molar-refractivity contribution in [3.63, 3.8) is 0 Å². The number of urea groups is 1. The molecule has 41 heavy (non-hydrogen) atoms. The second-order valence-corrected chi connectivity index (χ2v) is 9.81. The van der Waals surface area contributed by atoms with E-state index in [1.807, 2.05) is 36.5 Å². The zero-order valence-electron chi connectivity index (χ0n) is 22.4. The second-order valence-electron chi connectivity index (χ2n) is 9.81. The highest BCUT2D eigenvalue weighted by Gasteiger charge is 2.28. The number of aryl methyl sites for hydroxylation is 2. The molecule has 2 aromatic carbocycles. The lowest BCUT2D eigenvalue weighted by molar-refractivity contribution is 0.0681. The lowest BCUT2D eigenvalue weighted by atomic mass is 9.89. The molecule has 0 spiro atoms. The van der Waals surface area contributed by atoms with Crippen LogP contribution in [0.3, 0.4) is 0 Å². The highest BCUT2D eigenvalue weighted by atomic mass is 16.5. The fraction of sp³-hybridized carbons (Fsp3) is 0.194. The molecular formula is C31H28N6O4. The number of para-hydroxylation sites is 1. The van der Waals surface area contributed by atoms with Crippen LogP contribution in [0.4, 0.5) is 10.5 Å². The first kappa shape index (κ1) is 26.0. The number of benzene rings is 2. The molecule has 0 saturated heterocycles. The molecule has 1 aliphatic carbocycles. The lowest BCUT2D eigenvalue weighted by Crippen LogP contribution is -2.30. The summed E-state index contributed by atoms with van der Waals surface area (Å²) in [7, 11) is 1.58. The molecule has 0 unspecified atom stereocenters. The Morgan fingerprint density at radius 1 is 1.02 bits per heavy atom. The van der Waals surface area contributed by atoms with Crippen molar-refractivity contribution in [2.75, 3.05) is 19.0 Å². The Bertz CT molecular complexity index is 1760. The predicted octanol–water partition coefficient (Wildman–Crippen LogP) is 5.18. The summed E-state index contributed by atoms with van der Waals surface area (Å²) < 4.78 is 6.67. The fourth-order valence-corrected chi connectivity index (χ4v) is 5.17. The molecule has 6 rings (SSSR count). The third kappa shape index (κ3) is 5.31. The number of rotatable bonds is 8. The quantitative estimate of drug-likeness (QED) is 0.228. The summed E-state index contributed by atoms with van der Waals surface area (Å²) in [5, 5.41) is 21.4. The van der Waals surface area contributed by atoms with Gasteiger partial charge in [0.1, 0.15) is 11.4 Å². The Hall–Kier alpha value is -5.25. The van der Waals surface area contributed by atoms with E-state index in [1.54, 1.807) is 42.3 Å². The third-order valence-electron chi connectivity index (χ3n) is 7.21. The van der Waals surface area contributed by atoms with Crippen LogP contribution >= 0.6 is 0 Å². The molecule has 2 amide bonds. The number of nitrogens with zero attached hydrogens (tertiary/aromatic N) is 4. The number of pyridine rings is 2. The summed E-state index contributed by atoms with van der Waals surface area (Å²) >= 11 is 0. The van der Waals surface area contributed by atoms with Crippen LogP contribution in [0, 0.1) is 0 Å². The van der Waals surface area contributed by atoms with E-state index in [9.17, 15) is 14.7 Å². The maximum Gasteiger partial charge on any atom is 0.354 e. The van der Waals surface area contributed by atoms with Crippen molar-refractivity contribution >= 4 is 28.6 Å². The smallest absolute Gasteiger partial charge is 0.354 e. The summed E-state index contributed by atoms with van der Waals surface area (Å²) in [6.07, 6.45) is 5.43. The van der Waals surface area contributed by atoms with Gasteiger partial charge in [-0.3, -0.25) is 14.6 Å². The summed E-state index contributed by atoms with van der Waals surface area (Å²) in [5.74, 6) is -0.312. The van der Waals surface area contributed by atoms with Crippen molar-refractivity contribution in [1.82, 2.24) is 25.1 Å². The number of anilines is 1. The van der Waals surface area contributed by atoms with Crippen molar-refractivity contribution < 1.29 is 19.4 Å². The molecule has 0 bridgehead atoms. The second kappa shape index (κ2) is 11.1. The largest absolute Gasteiger partial charge is 0.497 e. The highest BCUT2D eigenvalue weighted by molar-refractivity contribution is 5.91. The van der Waals surface area contributed by atoms with Crippen LogP contribution in [0.1, 0.15) is 28.0 Å². The third-order valence-corrected chi connectivity index (χ3v) is 7.21. The van der Waals surface area contributed by atoms with Gasteiger partial charge in [-0.1, -0.05) is 18.2 Å². The summed E-state index contributed by atoms with van der Waals surface area (Å²) in [6.45, 7) is 0.699. The van der Waals surface area contributed by atoms with E-state index >= 15 is 0 Å². The predicted molar refractivity (Wildman–Crippen MR) is 155 cm³/mol. The van der Waals surface area contributed by atoms with Crippen molar-refractivity contribution in [2.45, 2.75) is 25.8 Å². The minimum absolute atomic E-state index is 0.194. The molecular weight excluding hydrogens is 520 g/mol. The summed E-state index contributed by atoms with van der Waals surface area (Å²) in [5.41, 5.74) is 6.71. The van der Waals surface area contributed by atoms with E-state index in [0.717, 1.165) is 38.9 Å². The van der Waals surface area contributed by atoms with Crippen LogP contribution in [0.2, 0.25) is 0 Å². The van der Waals surface area contributed by atoms with Gasteiger partial charge in [0, 0.05) is 53.2 Å². The van der Waals surface area contributed by atoms with Crippen LogP contribution < -0.4 is 15.4 Å². The fourth-order valence-electron chi connectivity index (χ4n) is 5.17. The van der Waals surface area contributed by atoms with Gasteiger partial charge in [0.05, 0.1) is 24.0 Å². The minimum Gasteiger partial charge on any atom is -0.497 e. The van der Waals surface area contributed by atoms with Gasteiger partial charge in [0.15, 0.2) is 0 Å². The van der Waals surface area contributed by atoms with Crippen molar-refractivity contribution in [3.8, 4) is 28.3 Å². The van der Waals surface area contributed by atoms with Crippen molar-refractivity contribution in [1.29, 1.82) is 0 Å². The lowest BCUT2D eigenvalue weighted by Gasteiger charge is -2.16. The first-order valence-electron chi connectivity index (χ1n) is 13.4. The number of carbonyl (C=O) groups is 2. The van der Waals surface area contributed by atoms with Crippen LogP contribution in [-0.4, -0.2) is 50.5 Å². The molecule has 1 aliphatic rings. The Kier molecular flexibility index (Phi) is 7.03. The zero-order valence-corrected chi connectivity index (χ0v) is 22.4. The molecule has 0 saturated carbocycles. The average molecular weight is 549 g/mol. The van der Waals surface area contributed by atoms with Gasteiger partial charge in [0.25, 0.3) is 0 Å². The summed E-state index contributed by atoms with van der Waals surface area (Å²) in [4.78, 5) is 33.8. The molecule has 0 aliphatic heterocycles. The Labute approximate surface area is 236 Å². The molecule has 3 N–H and O–H groups in total. The number of fused-ring (bicyclic) bond motifs is 4. The van der Waals surface area contributed by atoms with Crippen LogP contribution in [0.25, 0.3) is 33.4 Å². The highest BCUT2D eigenvalue weighted by Crippen LogP contribution is 2.36. The Morgan fingerprint density at radius 2 is 1.85 bits per heavy atom. The number of aromatic carboxylic acids is 1. The number of carbonyl (C=O) groups excluding carboxylic acids is 1. The maximum absolute atomic E-state index is 12.3. The molecule has 10 heteroatoms. The first-order chi connectivity index (χ1) is 20.0. The van der Waals surface area contributed by atoms with Gasteiger partial charge in [0.2, 0.25) is 0 Å². The van der Waals surface area contributed by atoms with Gasteiger partial charge in [-0.25, -0.2) is 9.59 Å². The number of aromatic nitrogens is 4. The van der Waals surface area contributed by atoms with Gasteiger partial charge >= 0.3 is 12.0 Å². The zero-order chi connectivity index (χ0) is 28.3. The minimum atomic E-state index is -1.01. The van der Waals surface area contributed by atoms with E-state index in [-0.39, 0.29) is 11.7 Å². The average Bonchev–Trinajstić information content (AvgIpc) is 3.38. The molecule has 10 nitrogen and oxygen atoms in total. The molecule has 3 aromatic heterocycles. The molecule has 206 valence electrons. The van der Waals surface area contributed by atoms with Crippen molar-refractivity contribution in [3.05, 3.63) is 89.9 Å². The van der Waals surface area contributed by atoms with E-state index in [0.29, 0.717) is 49.5 Å². The molecule has 0 atom stereocenters. The number of hydrogen-bond acceptors (Lipinski definition) is 6. The number of carboxylic acids is 1. The maximum atomic E-state index is 12.3.